The molecule has 0 radical (unpaired) electrons. The Balaban J connectivity index is 2.68. The van der Waals surface area contributed by atoms with Gasteiger partial charge in [0.15, 0.2) is 0 Å². The molecule has 0 bridgehead atoms. The molecule has 0 aliphatic rings. The zero-order valence-corrected chi connectivity index (χ0v) is 9.48. The maximum atomic E-state index is 4.18. The molecule has 0 aliphatic carbocycles. The molecular formula is C9H12BrNS. The molecule has 12 heavy (non-hydrogen) atoms. The average molecular weight is 246 g/mol. The van der Waals surface area contributed by atoms with E-state index < -0.39 is 0 Å². The predicted molar refractivity (Wildman–Crippen MR) is 61.3 cm³/mol. The molecule has 1 aromatic carbocycles. The third-order valence-corrected chi connectivity index (χ3v) is 2.43. The number of rotatable bonds is 3. The van der Waals surface area contributed by atoms with Gasteiger partial charge in [-0.05, 0) is 24.3 Å². The predicted octanol–water partition coefficient (Wildman–Crippen LogP) is 2.82. The Morgan fingerprint density at radius 3 is 2.42 bits per heavy atom. The van der Waals surface area contributed by atoms with Gasteiger partial charge in [0.25, 0.3) is 0 Å². The van der Waals surface area contributed by atoms with Crippen LogP contribution in [0, 0.1) is 0 Å². The first-order valence-corrected chi connectivity index (χ1v) is 5.24. The quantitative estimate of drug-likeness (QED) is 0.802. The Morgan fingerprint density at radius 1 is 1.33 bits per heavy atom. The van der Waals surface area contributed by atoms with Gasteiger partial charge in [0.2, 0.25) is 0 Å². The van der Waals surface area contributed by atoms with Crippen molar-refractivity contribution in [3.8, 4) is 0 Å². The summed E-state index contributed by atoms with van der Waals surface area (Å²) in [6, 6.07) is 8.27. The summed E-state index contributed by atoms with van der Waals surface area (Å²) in [5.74, 6) is 0.882. The molecule has 0 spiro atoms. The Hall–Kier alpha value is -0.150. The normalized spacial score (nSPS) is 9.92. The second-order valence-corrected chi connectivity index (χ2v) is 3.98. The van der Waals surface area contributed by atoms with E-state index in [-0.39, 0.29) is 0 Å². The van der Waals surface area contributed by atoms with Gasteiger partial charge in [0.05, 0.1) is 0 Å². The van der Waals surface area contributed by atoms with Crippen LogP contribution in [0.4, 0.5) is 5.69 Å². The molecule has 3 heteroatoms. The number of benzene rings is 1. The van der Waals surface area contributed by atoms with E-state index in [4.69, 9.17) is 0 Å². The molecule has 1 nitrogen and oxygen atoms in total. The average Bonchev–Trinajstić information content (AvgIpc) is 2.06. The van der Waals surface area contributed by atoms with Gasteiger partial charge >= 0.3 is 0 Å². The maximum Gasteiger partial charge on any atom is 0.0364 e. The molecule has 0 fully saturated rings. The van der Waals surface area contributed by atoms with E-state index in [1.165, 1.54) is 5.69 Å². The Bertz CT molecular complexity index is 235. The van der Waals surface area contributed by atoms with E-state index in [1.54, 1.807) is 0 Å². The number of thiol groups is 1. The summed E-state index contributed by atoms with van der Waals surface area (Å²) in [6.45, 7) is 0.977. The van der Waals surface area contributed by atoms with Crippen LogP contribution in [0.15, 0.2) is 28.7 Å². The summed E-state index contributed by atoms with van der Waals surface area (Å²) < 4.78 is 1.12. The molecule has 0 N–H and O–H groups in total. The van der Waals surface area contributed by atoms with Crippen molar-refractivity contribution in [2.24, 2.45) is 0 Å². The first kappa shape index (κ1) is 9.93. The molecule has 66 valence electrons. The summed E-state index contributed by atoms with van der Waals surface area (Å²) in [5.41, 5.74) is 1.23. The molecule has 0 unspecified atom stereocenters. The largest absolute Gasteiger partial charge is 0.374 e. The molecule has 0 heterocycles. The Kier molecular flexibility index (Phi) is 3.95. The summed E-state index contributed by atoms with van der Waals surface area (Å²) >= 11 is 7.58. The van der Waals surface area contributed by atoms with Crippen LogP contribution < -0.4 is 4.90 Å². The van der Waals surface area contributed by atoms with Gasteiger partial charge in [-0.2, -0.15) is 12.6 Å². The lowest BCUT2D eigenvalue weighted by Crippen LogP contribution is -2.19. The summed E-state index contributed by atoms with van der Waals surface area (Å²) in [6.07, 6.45) is 0. The van der Waals surface area contributed by atoms with E-state index in [9.17, 15) is 0 Å². The molecule has 0 saturated heterocycles. The highest BCUT2D eigenvalue weighted by molar-refractivity contribution is 9.10. The van der Waals surface area contributed by atoms with Crippen molar-refractivity contribution >= 4 is 34.2 Å². The summed E-state index contributed by atoms with van der Waals surface area (Å²) in [5, 5.41) is 0. The minimum atomic E-state index is 0.882. The molecule has 0 aliphatic heterocycles. The Labute approximate surface area is 87.3 Å². The van der Waals surface area contributed by atoms with Gasteiger partial charge in [-0.1, -0.05) is 15.9 Å². The van der Waals surface area contributed by atoms with E-state index in [1.807, 2.05) is 12.1 Å². The second kappa shape index (κ2) is 4.77. The standard InChI is InChI=1S/C9H12BrNS/c1-11(6-7-12)9-4-2-8(10)3-5-9/h2-5,12H,6-7H2,1H3. The highest BCUT2D eigenvalue weighted by Crippen LogP contribution is 2.16. The zero-order chi connectivity index (χ0) is 8.97. The second-order valence-electron chi connectivity index (χ2n) is 2.62. The highest BCUT2D eigenvalue weighted by atomic mass is 79.9. The lowest BCUT2D eigenvalue weighted by atomic mass is 10.3. The van der Waals surface area contributed by atoms with E-state index >= 15 is 0 Å². The van der Waals surface area contributed by atoms with Crippen LogP contribution >= 0.6 is 28.6 Å². The van der Waals surface area contributed by atoms with Crippen molar-refractivity contribution in [1.29, 1.82) is 0 Å². The van der Waals surface area contributed by atoms with Crippen LogP contribution in [0.2, 0.25) is 0 Å². The summed E-state index contributed by atoms with van der Waals surface area (Å²) in [7, 11) is 2.07. The number of nitrogens with zero attached hydrogens (tertiary/aromatic N) is 1. The first-order valence-electron chi connectivity index (χ1n) is 3.81. The van der Waals surface area contributed by atoms with Crippen molar-refractivity contribution in [2.45, 2.75) is 0 Å². The van der Waals surface area contributed by atoms with Crippen molar-refractivity contribution in [3.63, 3.8) is 0 Å². The third-order valence-electron chi connectivity index (χ3n) is 1.70. The molecule has 1 aromatic rings. The molecule has 0 aromatic heterocycles. The first-order chi connectivity index (χ1) is 5.74. The maximum absolute atomic E-state index is 4.18. The van der Waals surface area contributed by atoms with Crippen LogP contribution in [0.3, 0.4) is 0 Å². The van der Waals surface area contributed by atoms with E-state index in [2.05, 4.69) is 52.6 Å². The lowest BCUT2D eigenvalue weighted by Gasteiger charge is -2.17. The smallest absolute Gasteiger partial charge is 0.0364 e. The van der Waals surface area contributed by atoms with Crippen LogP contribution in [0.5, 0.6) is 0 Å². The van der Waals surface area contributed by atoms with E-state index in [0.717, 1.165) is 16.8 Å². The monoisotopic (exact) mass is 245 g/mol. The van der Waals surface area contributed by atoms with Crippen molar-refractivity contribution in [2.75, 3.05) is 24.2 Å². The van der Waals surface area contributed by atoms with Gasteiger partial charge in [-0.3, -0.25) is 0 Å². The van der Waals surface area contributed by atoms with Gasteiger partial charge in [0, 0.05) is 29.5 Å². The fourth-order valence-corrected chi connectivity index (χ4v) is 1.54. The Morgan fingerprint density at radius 2 is 1.92 bits per heavy atom. The van der Waals surface area contributed by atoms with Gasteiger partial charge in [-0.15, -0.1) is 0 Å². The van der Waals surface area contributed by atoms with Crippen LogP contribution in [-0.2, 0) is 0 Å². The fraction of sp³-hybridized carbons (Fsp3) is 0.333. The molecule has 1 rings (SSSR count). The molecule has 0 atom stereocenters. The molecule has 0 saturated carbocycles. The van der Waals surface area contributed by atoms with Crippen LogP contribution in [0.1, 0.15) is 0 Å². The van der Waals surface area contributed by atoms with Gasteiger partial charge in [0.1, 0.15) is 0 Å². The zero-order valence-electron chi connectivity index (χ0n) is 7.00. The molecular weight excluding hydrogens is 234 g/mol. The number of hydrogen-bond donors (Lipinski definition) is 1. The minimum absolute atomic E-state index is 0.882. The lowest BCUT2D eigenvalue weighted by molar-refractivity contribution is 0.979. The van der Waals surface area contributed by atoms with Crippen LogP contribution in [0.25, 0.3) is 0 Å². The van der Waals surface area contributed by atoms with Crippen molar-refractivity contribution in [3.05, 3.63) is 28.7 Å². The van der Waals surface area contributed by atoms with Crippen LogP contribution in [-0.4, -0.2) is 19.3 Å². The highest BCUT2D eigenvalue weighted by Gasteiger charge is 1.97. The van der Waals surface area contributed by atoms with E-state index in [0.29, 0.717) is 0 Å². The van der Waals surface area contributed by atoms with Gasteiger partial charge < -0.3 is 4.90 Å². The van der Waals surface area contributed by atoms with Gasteiger partial charge in [-0.25, -0.2) is 0 Å². The number of hydrogen-bond acceptors (Lipinski definition) is 2. The molecule has 0 amide bonds. The summed E-state index contributed by atoms with van der Waals surface area (Å²) in [4.78, 5) is 2.18. The SMILES string of the molecule is CN(CCS)c1ccc(Br)cc1. The third kappa shape index (κ3) is 2.72. The number of halogens is 1. The topological polar surface area (TPSA) is 3.24 Å². The van der Waals surface area contributed by atoms with Crippen molar-refractivity contribution in [1.82, 2.24) is 0 Å². The fourth-order valence-electron chi connectivity index (χ4n) is 0.975. The number of anilines is 1. The van der Waals surface area contributed by atoms with Crippen molar-refractivity contribution < 1.29 is 0 Å². The minimum Gasteiger partial charge on any atom is -0.374 e.